The fourth-order valence-corrected chi connectivity index (χ4v) is 2.18. The second-order valence-electron chi connectivity index (χ2n) is 3.83. The number of nitrogen functional groups attached to an aromatic ring is 1. The summed E-state index contributed by atoms with van der Waals surface area (Å²) in [4.78, 5) is 2.27. The highest BCUT2D eigenvalue weighted by Crippen LogP contribution is 2.28. The van der Waals surface area contributed by atoms with Crippen LogP contribution in [-0.2, 0) is 4.74 Å². The molecule has 0 saturated carbocycles. The number of nitrogens with two attached hydrogens (primary N) is 1. The summed E-state index contributed by atoms with van der Waals surface area (Å²) >= 11 is 3.46. The van der Waals surface area contributed by atoms with Crippen molar-refractivity contribution in [1.29, 1.82) is 0 Å². The second kappa shape index (κ2) is 4.41. The first-order valence-electron chi connectivity index (χ1n) is 5.08. The van der Waals surface area contributed by atoms with Crippen LogP contribution >= 0.6 is 15.9 Å². The SMILES string of the molecule is CC1CN(c2cc(Br)ccc2N)CCO1. The third kappa shape index (κ3) is 2.44. The largest absolute Gasteiger partial charge is 0.397 e. The van der Waals surface area contributed by atoms with Crippen LogP contribution in [0.1, 0.15) is 6.92 Å². The van der Waals surface area contributed by atoms with Gasteiger partial charge in [0.1, 0.15) is 0 Å². The lowest BCUT2D eigenvalue weighted by Gasteiger charge is -2.33. The average Bonchev–Trinajstić information content (AvgIpc) is 2.22. The van der Waals surface area contributed by atoms with E-state index in [4.69, 9.17) is 10.5 Å². The number of anilines is 2. The normalized spacial score (nSPS) is 21.7. The monoisotopic (exact) mass is 270 g/mol. The van der Waals surface area contributed by atoms with Crippen molar-refractivity contribution in [2.45, 2.75) is 13.0 Å². The molecule has 1 fully saturated rings. The maximum atomic E-state index is 5.96. The number of nitrogens with zero attached hydrogens (tertiary/aromatic N) is 1. The first-order chi connectivity index (χ1) is 7.16. The fourth-order valence-electron chi connectivity index (χ4n) is 1.83. The van der Waals surface area contributed by atoms with E-state index in [1.54, 1.807) is 0 Å². The highest BCUT2D eigenvalue weighted by Gasteiger charge is 2.18. The van der Waals surface area contributed by atoms with Crippen molar-refractivity contribution < 1.29 is 4.74 Å². The molecular formula is C11H15BrN2O. The number of hydrogen-bond donors (Lipinski definition) is 1. The van der Waals surface area contributed by atoms with Crippen LogP contribution in [0, 0.1) is 0 Å². The van der Waals surface area contributed by atoms with E-state index in [9.17, 15) is 0 Å². The minimum absolute atomic E-state index is 0.275. The first kappa shape index (κ1) is 10.8. The third-order valence-electron chi connectivity index (χ3n) is 2.57. The van der Waals surface area contributed by atoms with Crippen molar-refractivity contribution in [2.75, 3.05) is 30.3 Å². The van der Waals surface area contributed by atoms with Gasteiger partial charge in [0.2, 0.25) is 0 Å². The molecule has 0 aliphatic carbocycles. The molecule has 1 atom stereocenters. The van der Waals surface area contributed by atoms with E-state index in [0.717, 1.165) is 35.5 Å². The molecule has 0 radical (unpaired) electrons. The molecule has 2 rings (SSSR count). The Kier molecular flexibility index (Phi) is 3.17. The Bertz CT molecular complexity index is 356. The molecule has 1 heterocycles. The van der Waals surface area contributed by atoms with Gasteiger partial charge < -0.3 is 15.4 Å². The van der Waals surface area contributed by atoms with Gasteiger partial charge >= 0.3 is 0 Å². The lowest BCUT2D eigenvalue weighted by Crippen LogP contribution is -2.41. The zero-order valence-corrected chi connectivity index (χ0v) is 10.3. The molecule has 2 N–H and O–H groups in total. The molecule has 0 bridgehead atoms. The molecule has 1 aromatic rings. The second-order valence-corrected chi connectivity index (χ2v) is 4.75. The van der Waals surface area contributed by atoms with Crippen molar-refractivity contribution in [2.24, 2.45) is 0 Å². The summed E-state index contributed by atoms with van der Waals surface area (Å²) < 4.78 is 6.57. The van der Waals surface area contributed by atoms with Gasteiger partial charge in [0.15, 0.2) is 0 Å². The van der Waals surface area contributed by atoms with Gasteiger partial charge in [-0.3, -0.25) is 0 Å². The van der Waals surface area contributed by atoms with Gasteiger partial charge in [0.25, 0.3) is 0 Å². The molecule has 0 aromatic heterocycles. The average molecular weight is 271 g/mol. The van der Waals surface area contributed by atoms with Crippen molar-refractivity contribution in [1.82, 2.24) is 0 Å². The first-order valence-corrected chi connectivity index (χ1v) is 5.87. The summed E-state index contributed by atoms with van der Waals surface area (Å²) in [5.41, 5.74) is 7.89. The smallest absolute Gasteiger partial charge is 0.0722 e. The number of rotatable bonds is 1. The molecule has 1 unspecified atom stereocenters. The van der Waals surface area contributed by atoms with E-state index in [1.807, 2.05) is 12.1 Å². The summed E-state index contributed by atoms with van der Waals surface area (Å²) in [6.45, 7) is 4.67. The van der Waals surface area contributed by atoms with E-state index < -0.39 is 0 Å². The van der Waals surface area contributed by atoms with Crippen LogP contribution < -0.4 is 10.6 Å². The number of morpholine rings is 1. The summed E-state index contributed by atoms with van der Waals surface area (Å²) in [5.74, 6) is 0. The summed E-state index contributed by atoms with van der Waals surface area (Å²) in [6, 6.07) is 5.95. The van der Waals surface area contributed by atoms with E-state index in [1.165, 1.54) is 0 Å². The number of halogens is 1. The van der Waals surface area contributed by atoms with Gasteiger partial charge in [-0.15, -0.1) is 0 Å². The highest BCUT2D eigenvalue weighted by atomic mass is 79.9. The molecule has 1 aliphatic heterocycles. The van der Waals surface area contributed by atoms with Crippen LogP contribution in [0.3, 0.4) is 0 Å². The van der Waals surface area contributed by atoms with Gasteiger partial charge in [0.05, 0.1) is 24.1 Å². The number of ether oxygens (including phenoxy) is 1. The molecule has 0 amide bonds. The predicted molar refractivity (Wildman–Crippen MR) is 66.2 cm³/mol. The van der Waals surface area contributed by atoms with Crippen molar-refractivity contribution in [3.8, 4) is 0 Å². The Morgan fingerprint density at radius 1 is 1.53 bits per heavy atom. The van der Waals surface area contributed by atoms with Crippen LogP contribution in [0.25, 0.3) is 0 Å². The lowest BCUT2D eigenvalue weighted by atomic mass is 10.2. The minimum atomic E-state index is 0.275. The van der Waals surface area contributed by atoms with Gasteiger partial charge in [-0.05, 0) is 25.1 Å². The molecular weight excluding hydrogens is 256 g/mol. The fraction of sp³-hybridized carbons (Fsp3) is 0.455. The maximum Gasteiger partial charge on any atom is 0.0722 e. The van der Waals surface area contributed by atoms with E-state index in [0.29, 0.717) is 0 Å². The quantitative estimate of drug-likeness (QED) is 0.796. The minimum Gasteiger partial charge on any atom is -0.397 e. The number of benzene rings is 1. The standard InChI is InChI=1S/C11H15BrN2O/c1-8-7-14(4-5-15-8)11-6-9(12)2-3-10(11)13/h2-3,6,8H,4-5,7,13H2,1H3. The molecule has 15 heavy (non-hydrogen) atoms. The Labute approximate surface area is 98.3 Å². The van der Waals surface area contributed by atoms with Crippen molar-refractivity contribution >= 4 is 27.3 Å². The molecule has 82 valence electrons. The highest BCUT2D eigenvalue weighted by molar-refractivity contribution is 9.10. The maximum absolute atomic E-state index is 5.96. The predicted octanol–water partition coefficient (Wildman–Crippen LogP) is 2.26. The van der Waals surface area contributed by atoms with Crippen LogP contribution in [0.2, 0.25) is 0 Å². The Morgan fingerprint density at radius 2 is 2.33 bits per heavy atom. The third-order valence-corrected chi connectivity index (χ3v) is 3.07. The van der Waals surface area contributed by atoms with E-state index >= 15 is 0 Å². The Morgan fingerprint density at radius 3 is 3.07 bits per heavy atom. The summed E-state index contributed by atoms with van der Waals surface area (Å²) in [5, 5.41) is 0. The van der Waals surface area contributed by atoms with Crippen LogP contribution in [0.4, 0.5) is 11.4 Å². The Balaban J connectivity index is 2.24. The molecule has 1 aromatic carbocycles. The van der Waals surface area contributed by atoms with Gasteiger partial charge in [0, 0.05) is 17.6 Å². The van der Waals surface area contributed by atoms with Crippen LogP contribution in [0.15, 0.2) is 22.7 Å². The Hall–Kier alpha value is -0.740. The summed E-state index contributed by atoms with van der Waals surface area (Å²) in [7, 11) is 0. The molecule has 1 saturated heterocycles. The molecule has 1 aliphatic rings. The zero-order valence-electron chi connectivity index (χ0n) is 8.74. The lowest BCUT2D eigenvalue weighted by molar-refractivity contribution is 0.0533. The molecule has 4 heteroatoms. The van der Waals surface area contributed by atoms with E-state index in [-0.39, 0.29) is 6.10 Å². The number of hydrogen-bond acceptors (Lipinski definition) is 3. The molecule has 0 spiro atoms. The zero-order chi connectivity index (χ0) is 10.8. The van der Waals surface area contributed by atoms with Crippen LogP contribution in [0.5, 0.6) is 0 Å². The molecule has 3 nitrogen and oxygen atoms in total. The van der Waals surface area contributed by atoms with Crippen molar-refractivity contribution in [3.63, 3.8) is 0 Å². The topological polar surface area (TPSA) is 38.5 Å². The van der Waals surface area contributed by atoms with Crippen molar-refractivity contribution in [3.05, 3.63) is 22.7 Å². The van der Waals surface area contributed by atoms with Gasteiger partial charge in [-0.1, -0.05) is 15.9 Å². The van der Waals surface area contributed by atoms with Gasteiger partial charge in [-0.25, -0.2) is 0 Å². The van der Waals surface area contributed by atoms with E-state index in [2.05, 4.69) is 33.8 Å². The van der Waals surface area contributed by atoms with Crippen LogP contribution in [-0.4, -0.2) is 25.8 Å². The van der Waals surface area contributed by atoms with Gasteiger partial charge in [-0.2, -0.15) is 0 Å². The summed E-state index contributed by atoms with van der Waals surface area (Å²) in [6.07, 6.45) is 0.275.